The molecule has 296 valence electrons. The molecule has 0 heterocycles. The minimum atomic E-state index is -0.656. The Hall–Kier alpha value is -1.58. The zero-order valence-electron chi connectivity index (χ0n) is 33.9. The number of rotatable bonds is 40. The molecule has 0 saturated carbocycles. The van der Waals surface area contributed by atoms with Gasteiger partial charge in [-0.3, -0.25) is 9.59 Å². The van der Waals surface area contributed by atoms with Crippen molar-refractivity contribution in [1.82, 2.24) is 0 Å². The molecule has 4 nitrogen and oxygen atoms in total. The van der Waals surface area contributed by atoms with E-state index in [0.717, 1.165) is 25.7 Å². The van der Waals surface area contributed by atoms with Gasteiger partial charge in [-0.15, -0.1) is 0 Å². The third kappa shape index (κ3) is 53.2. The highest BCUT2D eigenvalue weighted by Crippen LogP contribution is 2.14. The summed E-state index contributed by atoms with van der Waals surface area (Å²) in [5, 5.41) is 17.1. The number of allylic oxidation sites excluding steroid dienone is 4. The van der Waals surface area contributed by atoms with Crippen molar-refractivity contribution in [2.24, 2.45) is 0 Å². The molecule has 0 aromatic rings. The fraction of sp³-hybridized carbons (Fsp3) is 0.870. The molecule has 2 N–H and O–H groups in total. The summed E-state index contributed by atoms with van der Waals surface area (Å²) in [4.78, 5) is 20.8. The molecule has 0 aliphatic rings. The predicted octanol–water partition coefficient (Wildman–Crippen LogP) is 16.1. The SMILES string of the molecule is CCCCCCCC/C=C\CCCCCCCCCCCCCC(=O)O.CCCCCCCCC=CCCCCCCCCCCCC(=O)O. The van der Waals surface area contributed by atoms with Crippen LogP contribution in [0.3, 0.4) is 0 Å². The summed E-state index contributed by atoms with van der Waals surface area (Å²) in [6.07, 6.45) is 57.2. The van der Waals surface area contributed by atoms with Gasteiger partial charge in [-0.2, -0.15) is 0 Å². The molecule has 0 saturated heterocycles. The lowest BCUT2D eigenvalue weighted by Crippen LogP contribution is -1.93. The summed E-state index contributed by atoms with van der Waals surface area (Å²) < 4.78 is 0. The third-order valence-electron chi connectivity index (χ3n) is 9.80. The molecule has 0 amide bonds. The first-order chi connectivity index (χ1) is 24.5. The molecular weight excluding hydrogens is 617 g/mol. The lowest BCUT2D eigenvalue weighted by atomic mass is 10.0. The highest BCUT2D eigenvalue weighted by Gasteiger charge is 1.98. The molecule has 0 radical (unpaired) electrons. The van der Waals surface area contributed by atoms with Crippen molar-refractivity contribution in [3.05, 3.63) is 24.3 Å². The molecule has 0 aromatic heterocycles. The van der Waals surface area contributed by atoms with E-state index in [4.69, 9.17) is 10.2 Å². The van der Waals surface area contributed by atoms with E-state index in [9.17, 15) is 9.59 Å². The van der Waals surface area contributed by atoms with Gasteiger partial charge in [-0.1, -0.05) is 205 Å². The van der Waals surface area contributed by atoms with Crippen LogP contribution in [0.4, 0.5) is 0 Å². The van der Waals surface area contributed by atoms with Crippen molar-refractivity contribution in [2.75, 3.05) is 0 Å². The quantitative estimate of drug-likeness (QED) is 0.0492. The number of aliphatic carboxylic acids is 2. The van der Waals surface area contributed by atoms with Gasteiger partial charge in [-0.05, 0) is 64.2 Å². The maximum Gasteiger partial charge on any atom is 0.303 e. The molecule has 0 aliphatic carbocycles. The van der Waals surface area contributed by atoms with Gasteiger partial charge in [0.2, 0.25) is 0 Å². The van der Waals surface area contributed by atoms with Gasteiger partial charge in [0.25, 0.3) is 0 Å². The molecule has 0 aromatic carbocycles. The average Bonchev–Trinajstić information content (AvgIpc) is 3.10. The van der Waals surface area contributed by atoms with Gasteiger partial charge in [0.1, 0.15) is 0 Å². The summed E-state index contributed by atoms with van der Waals surface area (Å²) >= 11 is 0. The fourth-order valence-electron chi connectivity index (χ4n) is 6.46. The highest BCUT2D eigenvalue weighted by molar-refractivity contribution is 5.66. The number of hydrogen-bond donors (Lipinski definition) is 2. The second-order valence-electron chi connectivity index (χ2n) is 15.0. The zero-order valence-corrected chi connectivity index (χ0v) is 33.9. The van der Waals surface area contributed by atoms with Crippen molar-refractivity contribution < 1.29 is 19.8 Å². The average molecular weight is 705 g/mol. The Balaban J connectivity index is 0. The Labute approximate surface area is 313 Å². The Morgan fingerprint density at radius 3 is 0.680 bits per heavy atom. The van der Waals surface area contributed by atoms with Crippen LogP contribution in [0.15, 0.2) is 24.3 Å². The molecular formula is C46H88O4. The van der Waals surface area contributed by atoms with E-state index in [-0.39, 0.29) is 0 Å². The van der Waals surface area contributed by atoms with Gasteiger partial charge >= 0.3 is 11.9 Å². The second kappa shape index (κ2) is 47.4. The number of carboxylic acids is 2. The maximum atomic E-state index is 10.4. The Bertz CT molecular complexity index is 713. The normalized spacial score (nSPS) is 11.4. The molecule has 0 bridgehead atoms. The first kappa shape index (κ1) is 50.5. The third-order valence-corrected chi connectivity index (χ3v) is 9.80. The van der Waals surface area contributed by atoms with E-state index in [1.807, 2.05) is 0 Å². The van der Waals surface area contributed by atoms with Crippen LogP contribution in [0.25, 0.3) is 0 Å². The smallest absolute Gasteiger partial charge is 0.303 e. The molecule has 0 unspecified atom stereocenters. The molecule has 0 atom stereocenters. The van der Waals surface area contributed by atoms with Crippen molar-refractivity contribution in [2.45, 2.75) is 258 Å². The minimum absolute atomic E-state index is 0.340. The Morgan fingerprint density at radius 2 is 0.480 bits per heavy atom. The van der Waals surface area contributed by atoms with Crippen LogP contribution in [0, 0.1) is 0 Å². The van der Waals surface area contributed by atoms with Crippen LogP contribution in [0.2, 0.25) is 0 Å². The van der Waals surface area contributed by atoms with Crippen LogP contribution in [0.1, 0.15) is 258 Å². The first-order valence-corrected chi connectivity index (χ1v) is 22.3. The van der Waals surface area contributed by atoms with Gasteiger partial charge in [0.15, 0.2) is 0 Å². The summed E-state index contributed by atoms with van der Waals surface area (Å²) in [5.74, 6) is -1.31. The van der Waals surface area contributed by atoms with Gasteiger partial charge in [0, 0.05) is 12.8 Å². The fourth-order valence-corrected chi connectivity index (χ4v) is 6.46. The number of carbonyl (C=O) groups is 2. The zero-order chi connectivity index (χ0) is 36.9. The molecule has 0 fully saturated rings. The van der Waals surface area contributed by atoms with Crippen LogP contribution in [-0.2, 0) is 9.59 Å². The van der Waals surface area contributed by atoms with E-state index >= 15 is 0 Å². The summed E-state index contributed by atoms with van der Waals surface area (Å²) in [6.45, 7) is 4.55. The van der Waals surface area contributed by atoms with E-state index in [1.54, 1.807) is 0 Å². The monoisotopic (exact) mass is 705 g/mol. The first-order valence-electron chi connectivity index (χ1n) is 22.3. The standard InChI is InChI=1S/C24H46O2.C22H42O2/c1-2-3-4-5-6-7-8-9-10-11-12-13-14-15-16-17-18-19-20-21-22-23-24(25)26;1-2-3-4-5-6-7-8-9-10-11-12-13-14-15-16-17-18-19-20-21-22(23)24/h9-10H,2-8,11-23H2,1H3,(H,25,26);9-10H,2-8,11-21H2,1H3,(H,23,24)/b10-9-;. The van der Waals surface area contributed by atoms with Gasteiger partial charge < -0.3 is 10.2 Å². The Morgan fingerprint density at radius 1 is 0.300 bits per heavy atom. The second-order valence-corrected chi connectivity index (χ2v) is 15.0. The van der Waals surface area contributed by atoms with Crippen molar-refractivity contribution in [3.63, 3.8) is 0 Å². The lowest BCUT2D eigenvalue weighted by molar-refractivity contribution is -0.138. The van der Waals surface area contributed by atoms with E-state index in [1.165, 1.54) is 205 Å². The number of unbranched alkanes of at least 4 members (excludes halogenated alkanes) is 32. The van der Waals surface area contributed by atoms with Gasteiger partial charge in [-0.25, -0.2) is 0 Å². The number of carboxylic acid groups (broad SMARTS) is 2. The van der Waals surface area contributed by atoms with E-state index < -0.39 is 11.9 Å². The topological polar surface area (TPSA) is 74.6 Å². The van der Waals surface area contributed by atoms with Crippen molar-refractivity contribution >= 4 is 11.9 Å². The summed E-state index contributed by atoms with van der Waals surface area (Å²) in [5.41, 5.74) is 0. The highest BCUT2D eigenvalue weighted by atomic mass is 16.4. The molecule has 0 spiro atoms. The van der Waals surface area contributed by atoms with Crippen LogP contribution < -0.4 is 0 Å². The largest absolute Gasteiger partial charge is 0.481 e. The van der Waals surface area contributed by atoms with Crippen molar-refractivity contribution in [3.8, 4) is 0 Å². The van der Waals surface area contributed by atoms with Crippen molar-refractivity contribution in [1.29, 1.82) is 0 Å². The maximum absolute atomic E-state index is 10.4. The molecule has 0 aliphatic heterocycles. The van der Waals surface area contributed by atoms with E-state index in [2.05, 4.69) is 38.2 Å². The summed E-state index contributed by atoms with van der Waals surface area (Å²) in [7, 11) is 0. The van der Waals surface area contributed by atoms with Crippen LogP contribution in [-0.4, -0.2) is 22.2 Å². The van der Waals surface area contributed by atoms with Crippen LogP contribution in [0.5, 0.6) is 0 Å². The minimum Gasteiger partial charge on any atom is -0.481 e. The Kier molecular flexibility index (Phi) is 47.9. The van der Waals surface area contributed by atoms with Crippen LogP contribution >= 0.6 is 0 Å². The predicted molar refractivity (Wildman–Crippen MR) is 220 cm³/mol. The lowest BCUT2D eigenvalue weighted by Gasteiger charge is -2.02. The number of hydrogen-bond acceptors (Lipinski definition) is 2. The molecule has 0 rings (SSSR count). The molecule has 4 heteroatoms. The molecule has 50 heavy (non-hydrogen) atoms. The summed E-state index contributed by atoms with van der Waals surface area (Å²) in [6, 6.07) is 0. The van der Waals surface area contributed by atoms with Gasteiger partial charge in [0.05, 0.1) is 0 Å². The van der Waals surface area contributed by atoms with E-state index in [0.29, 0.717) is 12.8 Å².